The molecule has 1 saturated carbocycles. The van der Waals surface area contributed by atoms with E-state index in [0.717, 1.165) is 53.0 Å². The van der Waals surface area contributed by atoms with Crippen molar-refractivity contribution in [2.24, 2.45) is 10.9 Å². The van der Waals surface area contributed by atoms with E-state index in [2.05, 4.69) is 5.32 Å². The molecule has 4 rings (SSSR count). The van der Waals surface area contributed by atoms with E-state index in [1.54, 1.807) is 4.90 Å². The van der Waals surface area contributed by atoms with Gasteiger partial charge in [-0.2, -0.15) is 0 Å². The number of nitrogens with zero attached hydrogens (tertiary/aromatic N) is 2. The van der Waals surface area contributed by atoms with Gasteiger partial charge in [-0.15, -0.1) is 0 Å². The molecule has 0 unspecified atom stereocenters. The van der Waals surface area contributed by atoms with Crippen LogP contribution in [0.25, 0.3) is 0 Å². The van der Waals surface area contributed by atoms with Gasteiger partial charge in [-0.3, -0.25) is 14.6 Å². The molecule has 5 heteroatoms. The number of rotatable bonds is 3. The van der Waals surface area contributed by atoms with Crippen molar-refractivity contribution < 1.29 is 9.59 Å². The fourth-order valence-electron chi connectivity index (χ4n) is 4.34. The summed E-state index contributed by atoms with van der Waals surface area (Å²) in [5, 5.41) is 3.01. The maximum atomic E-state index is 13.2. The predicted octanol–water partition coefficient (Wildman–Crippen LogP) is 4.47. The summed E-state index contributed by atoms with van der Waals surface area (Å²) in [6, 6.07) is 11.7. The van der Waals surface area contributed by atoms with Crippen LogP contribution in [-0.2, 0) is 9.59 Å². The van der Waals surface area contributed by atoms with Gasteiger partial charge >= 0.3 is 0 Å². The van der Waals surface area contributed by atoms with Gasteiger partial charge in [0, 0.05) is 11.4 Å². The fraction of sp³-hybridized carbons (Fsp3) is 0.348. The molecule has 0 radical (unpaired) electrons. The average molecular weight is 375 g/mol. The number of carbonyl (C=O) groups excluding carboxylic acids is 2. The Morgan fingerprint density at radius 2 is 1.89 bits per heavy atom. The van der Waals surface area contributed by atoms with Crippen molar-refractivity contribution in [3.8, 4) is 0 Å². The highest BCUT2D eigenvalue weighted by Gasteiger charge is 2.37. The number of hydrogen-bond acceptors (Lipinski definition) is 3. The van der Waals surface area contributed by atoms with Crippen molar-refractivity contribution >= 4 is 34.6 Å². The van der Waals surface area contributed by atoms with Gasteiger partial charge in [-0.25, -0.2) is 0 Å². The minimum atomic E-state index is -0.206. The molecule has 2 aromatic rings. The molecule has 28 heavy (non-hydrogen) atoms. The molecule has 1 heterocycles. The summed E-state index contributed by atoms with van der Waals surface area (Å²) in [6.45, 7) is 6.00. The third-order valence-corrected chi connectivity index (χ3v) is 5.57. The van der Waals surface area contributed by atoms with E-state index in [-0.39, 0.29) is 24.3 Å². The summed E-state index contributed by atoms with van der Waals surface area (Å²) < 4.78 is 0. The van der Waals surface area contributed by atoms with Crippen LogP contribution >= 0.6 is 0 Å². The van der Waals surface area contributed by atoms with E-state index >= 15 is 0 Å². The van der Waals surface area contributed by atoms with Crippen molar-refractivity contribution in [2.75, 3.05) is 16.8 Å². The highest BCUT2D eigenvalue weighted by atomic mass is 16.2. The minimum absolute atomic E-state index is 0.0120. The van der Waals surface area contributed by atoms with Crippen LogP contribution in [0, 0.1) is 26.7 Å². The Morgan fingerprint density at radius 1 is 1.18 bits per heavy atom. The van der Waals surface area contributed by atoms with Crippen LogP contribution in [0.2, 0.25) is 0 Å². The number of hydrogen-bond donors (Lipinski definition) is 1. The minimum Gasteiger partial charge on any atom is -0.324 e. The molecule has 1 aliphatic carbocycles. The first kappa shape index (κ1) is 18.4. The Labute approximate surface area is 165 Å². The van der Waals surface area contributed by atoms with Gasteiger partial charge < -0.3 is 10.2 Å². The van der Waals surface area contributed by atoms with Crippen molar-refractivity contribution in [1.29, 1.82) is 0 Å². The van der Waals surface area contributed by atoms with Gasteiger partial charge in [0.25, 0.3) is 0 Å². The molecule has 0 spiro atoms. The highest BCUT2D eigenvalue weighted by molar-refractivity contribution is 6.16. The zero-order valence-electron chi connectivity index (χ0n) is 16.6. The Hall–Kier alpha value is -2.95. The van der Waals surface area contributed by atoms with Crippen LogP contribution in [0.5, 0.6) is 0 Å². The predicted molar refractivity (Wildman–Crippen MR) is 113 cm³/mol. The SMILES string of the molecule is Cc1cc(C)c(NC(=O)CN2C(=O)[C@H]3CCCC3=Nc3ccccc32)c(C)c1. The number of para-hydroxylation sites is 2. The van der Waals surface area contributed by atoms with Gasteiger partial charge in [0.15, 0.2) is 0 Å². The van der Waals surface area contributed by atoms with Crippen molar-refractivity contribution in [1.82, 2.24) is 0 Å². The molecule has 1 aliphatic heterocycles. The number of fused-ring (bicyclic) bond motifs is 2. The summed E-state index contributed by atoms with van der Waals surface area (Å²) in [7, 11) is 0. The van der Waals surface area contributed by atoms with E-state index < -0.39 is 0 Å². The Kier molecular flexibility index (Phi) is 4.75. The quantitative estimate of drug-likeness (QED) is 0.860. The highest BCUT2D eigenvalue weighted by Crippen LogP contribution is 2.37. The standard InChI is InChI=1S/C23H25N3O2/c1-14-11-15(2)22(16(3)12-14)25-21(27)13-26-20-10-5-4-8-19(20)24-18-9-6-7-17(18)23(26)28/h4-5,8,10-12,17H,6-7,9,13H2,1-3H3,(H,25,27)/t17-/m0/s1. The number of amides is 2. The lowest BCUT2D eigenvalue weighted by Gasteiger charge is -2.24. The number of aliphatic imine (C=N–C) groups is 1. The lowest BCUT2D eigenvalue weighted by Crippen LogP contribution is -2.42. The second-order valence-corrected chi connectivity index (χ2v) is 7.78. The van der Waals surface area contributed by atoms with Crippen LogP contribution < -0.4 is 10.2 Å². The maximum absolute atomic E-state index is 13.2. The Balaban J connectivity index is 1.62. The van der Waals surface area contributed by atoms with Crippen molar-refractivity contribution in [2.45, 2.75) is 40.0 Å². The average Bonchev–Trinajstić information content (AvgIpc) is 3.07. The van der Waals surface area contributed by atoms with E-state index in [9.17, 15) is 9.59 Å². The molecule has 2 aromatic carbocycles. The van der Waals surface area contributed by atoms with Crippen molar-refractivity contribution in [3.63, 3.8) is 0 Å². The van der Waals surface area contributed by atoms with Crippen LogP contribution in [0.15, 0.2) is 41.4 Å². The summed E-state index contributed by atoms with van der Waals surface area (Å²) in [6.07, 6.45) is 2.63. The fourth-order valence-corrected chi connectivity index (χ4v) is 4.34. The van der Waals surface area contributed by atoms with Gasteiger partial charge in [0.2, 0.25) is 11.8 Å². The first-order valence-electron chi connectivity index (χ1n) is 9.79. The Morgan fingerprint density at radius 3 is 2.64 bits per heavy atom. The first-order valence-corrected chi connectivity index (χ1v) is 9.79. The molecular weight excluding hydrogens is 350 g/mol. The molecule has 2 aliphatic rings. The number of nitrogens with one attached hydrogen (secondary N) is 1. The normalized spacial score (nSPS) is 18.2. The lowest BCUT2D eigenvalue weighted by atomic mass is 10.0. The van der Waals surface area contributed by atoms with Gasteiger partial charge in [0.1, 0.15) is 6.54 Å². The van der Waals surface area contributed by atoms with Crippen LogP contribution in [-0.4, -0.2) is 24.1 Å². The second kappa shape index (κ2) is 7.23. The summed E-state index contributed by atoms with van der Waals surface area (Å²) >= 11 is 0. The molecule has 1 N–H and O–H groups in total. The third kappa shape index (κ3) is 3.33. The zero-order valence-corrected chi connectivity index (χ0v) is 16.6. The lowest BCUT2D eigenvalue weighted by molar-refractivity contribution is -0.122. The van der Waals surface area contributed by atoms with Crippen LogP contribution in [0.4, 0.5) is 17.1 Å². The van der Waals surface area contributed by atoms with Gasteiger partial charge in [0.05, 0.1) is 17.3 Å². The molecule has 0 bridgehead atoms. The van der Waals surface area contributed by atoms with Crippen LogP contribution in [0.3, 0.4) is 0 Å². The monoisotopic (exact) mass is 375 g/mol. The molecule has 0 aromatic heterocycles. The van der Waals surface area contributed by atoms with E-state index in [0.29, 0.717) is 5.69 Å². The third-order valence-electron chi connectivity index (χ3n) is 5.57. The maximum Gasteiger partial charge on any atom is 0.244 e. The molecule has 1 fully saturated rings. The van der Waals surface area contributed by atoms with Crippen molar-refractivity contribution in [3.05, 3.63) is 53.1 Å². The molecule has 1 atom stereocenters. The summed E-state index contributed by atoms with van der Waals surface area (Å²) in [4.78, 5) is 32.5. The largest absolute Gasteiger partial charge is 0.324 e. The van der Waals surface area contributed by atoms with E-state index in [4.69, 9.17) is 4.99 Å². The molecule has 0 saturated heterocycles. The first-order chi connectivity index (χ1) is 13.4. The van der Waals surface area contributed by atoms with Gasteiger partial charge in [-0.1, -0.05) is 29.8 Å². The smallest absolute Gasteiger partial charge is 0.244 e. The second-order valence-electron chi connectivity index (χ2n) is 7.78. The zero-order chi connectivity index (χ0) is 19.8. The Bertz CT molecular complexity index is 970. The van der Waals surface area contributed by atoms with Gasteiger partial charge in [-0.05, 0) is 63.3 Å². The molecular formula is C23H25N3O2. The molecule has 2 amide bonds. The topological polar surface area (TPSA) is 61.8 Å². The molecule has 144 valence electrons. The van der Waals surface area contributed by atoms with Crippen LogP contribution in [0.1, 0.15) is 36.0 Å². The number of benzene rings is 2. The summed E-state index contributed by atoms with van der Waals surface area (Å²) in [5.74, 6) is -0.420. The van der Waals surface area contributed by atoms with E-state index in [1.807, 2.05) is 57.2 Å². The van der Waals surface area contributed by atoms with E-state index in [1.165, 1.54) is 0 Å². The molecule has 5 nitrogen and oxygen atoms in total. The summed E-state index contributed by atoms with van der Waals surface area (Å²) in [5.41, 5.74) is 6.46. The number of aryl methyl sites for hydroxylation is 3. The number of anilines is 2. The number of carbonyl (C=O) groups is 2.